The second kappa shape index (κ2) is 7.31. The third-order valence-electron chi connectivity index (χ3n) is 4.25. The van der Waals surface area contributed by atoms with Crippen molar-refractivity contribution in [3.63, 3.8) is 0 Å². The summed E-state index contributed by atoms with van der Waals surface area (Å²) < 4.78 is 5.33. The number of hydrogen-bond donors (Lipinski definition) is 2. The molecule has 0 spiro atoms. The highest BCUT2D eigenvalue weighted by Gasteiger charge is 2.18. The molecule has 2 N–H and O–H groups in total. The number of ether oxygens (including phenoxy) is 1. The van der Waals surface area contributed by atoms with Crippen LogP contribution < -0.4 is 10.6 Å². The number of anilines is 1. The molecule has 0 saturated heterocycles. The van der Waals surface area contributed by atoms with Crippen LogP contribution in [0.15, 0.2) is 36.1 Å². The van der Waals surface area contributed by atoms with Crippen molar-refractivity contribution < 1.29 is 14.3 Å². The van der Waals surface area contributed by atoms with E-state index < -0.39 is 0 Å². The molecule has 0 aromatic heterocycles. The van der Waals surface area contributed by atoms with E-state index in [4.69, 9.17) is 4.74 Å². The molecule has 1 heterocycles. The molecule has 1 saturated carbocycles. The summed E-state index contributed by atoms with van der Waals surface area (Å²) in [4.78, 5) is 24.2. The summed E-state index contributed by atoms with van der Waals surface area (Å²) in [6, 6.07) is 7.25. The van der Waals surface area contributed by atoms with Crippen LogP contribution in [0.4, 0.5) is 5.69 Å². The fraction of sp³-hybridized carbons (Fsp3) is 0.444. The van der Waals surface area contributed by atoms with Gasteiger partial charge in [0, 0.05) is 17.3 Å². The first-order valence-electron chi connectivity index (χ1n) is 8.27. The molecule has 0 atom stereocenters. The minimum atomic E-state index is -0.243. The van der Waals surface area contributed by atoms with E-state index in [0.717, 1.165) is 25.7 Å². The van der Waals surface area contributed by atoms with Crippen molar-refractivity contribution in [3.8, 4) is 0 Å². The summed E-state index contributed by atoms with van der Waals surface area (Å²) in [6.07, 6.45) is 8.12. The van der Waals surface area contributed by atoms with Gasteiger partial charge < -0.3 is 15.4 Å². The monoisotopic (exact) mass is 314 g/mol. The van der Waals surface area contributed by atoms with Crippen LogP contribution in [0.5, 0.6) is 0 Å². The van der Waals surface area contributed by atoms with E-state index in [0.29, 0.717) is 29.7 Å². The van der Waals surface area contributed by atoms with Gasteiger partial charge in [-0.1, -0.05) is 12.8 Å². The van der Waals surface area contributed by atoms with E-state index in [-0.39, 0.29) is 11.8 Å². The molecule has 2 aliphatic rings. The lowest BCUT2D eigenvalue weighted by atomic mass is 10.1. The standard InChI is InChI=1S/C18H22N2O3/c21-17(19-14-5-1-2-6-14)13-8-10-15(11-9-13)20-18(22)16-7-3-4-12-23-16/h7-11,14H,1-6,12H2,(H,19,21)(H,20,22). The lowest BCUT2D eigenvalue weighted by Gasteiger charge is -2.15. The van der Waals surface area contributed by atoms with Crippen molar-refractivity contribution in [1.82, 2.24) is 5.32 Å². The van der Waals surface area contributed by atoms with Gasteiger partial charge in [0.25, 0.3) is 11.8 Å². The Balaban J connectivity index is 1.57. The molecule has 1 aromatic carbocycles. The molecular formula is C18H22N2O3. The number of allylic oxidation sites excluding steroid dienone is 1. The Morgan fingerprint density at radius 3 is 2.39 bits per heavy atom. The van der Waals surface area contributed by atoms with Crippen LogP contribution in [0.1, 0.15) is 48.9 Å². The number of amides is 2. The van der Waals surface area contributed by atoms with Crippen molar-refractivity contribution in [2.75, 3.05) is 11.9 Å². The van der Waals surface area contributed by atoms with Gasteiger partial charge in [-0.3, -0.25) is 9.59 Å². The minimum absolute atomic E-state index is 0.0481. The van der Waals surface area contributed by atoms with Crippen LogP contribution in [0.2, 0.25) is 0 Å². The normalized spacial score (nSPS) is 18.0. The fourth-order valence-corrected chi connectivity index (χ4v) is 2.95. The first kappa shape index (κ1) is 15.6. The molecule has 0 radical (unpaired) electrons. The second-order valence-electron chi connectivity index (χ2n) is 6.05. The summed E-state index contributed by atoms with van der Waals surface area (Å²) >= 11 is 0. The highest BCUT2D eigenvalue weighted by atomic mass is 16.5. The molecule has 122 valence electrons. The summed E-state index contributed by atoms with van der Waals surface area (Å²) in [5, 5.41) is 5.84. The fourth-order valence-electron chi connectivity index (χ4n) is 2.95. The average molecular weight is 314 g/mol. The zero-order valence-corrected chi connectivity index (χ0v) is 13.1. The quantitative estimate of drug-likeness (QED) is 0.898. The summed E-state index contributed by atoms with van der Waals surface area (Å²) in [6.45, 7) is 0.583. The van der Waals surface area contributed by atoms with E-state index in [2.05, 4.69) is 10.6 Å². The number of hydrogen-bond acceptors (Lipinski definition) is 3. The molecule has 1 aliphatic heterocycles. The SMILES string of the molecule is O=C(Nc1ccc(C(=O)NC2CCCC2)cc1)C1=CCCCO1. The second-order valence-corrected chi connectivity index (χ2v) is 6.05. The average Bonchev–Trinajstić information content (AvgIpc) is 3.09. The van der Waals surface area contributed by atoms with Gasteiger partial charge in [-0.05, 0) is 56.0 Å². The van der Waals surface area contributed by atoms with Gasteiger partial charge in [-0.2, -0.15) is 0 Å². The van der Waals surface area contributed by atoms with Crippen molar-refractivity contribution in [3.05, 3.63) is 41.7 Å². The van der Waals surface area contributed by atoms with Gasteiger partial charge in [0.05, 0.1) is 6.61 Å². The van der Waals surface area contributed by atoms with Gasteiger partial charge in [-0.15, -0.1) is 0 Å². The first-order valence-corrected chi connectivity index (χ1v) is 8.27. The van der Waals surface area contributed by atoms with Crippen molar-refractivity contribution in [2.45, 2.75) is 44.6 Å². The first-order chi connectivity index (χ1) is 11.2. The Hall–Kier alpha value is -2.30. The van der Waals surface area contributed by atoms with E-state index >= 15 is 0 Å². The van der Waals surface area contributed by atoms with E-state index in [1.807, 2.05) is 6.08 Å². The summed E-state index contributed by atoms with van der Waals surface area (Å²) in [5.74, 6) is 0.0836. The number of carbonyl (C=O) groups is 2. The molecular weight excluding hydrogens is 292 g/mol. The summed E-state index contributed by atoms with van der Waals surface area (Å²) in [5.41, 5.74) is 1.27. The van der Waals surface area contributed by atoms with Crippen molar-refractivity contribution in [1.29, 1.82) is 0 Å². The predicted octanol–water partition coefficient (Wildman–Crippen LogP) is 2.99. The third kappa shape index (κ3) is 4.12. The van der Waals surface area contributed by atoms with Crippen LogP contribution >= 0.6 is 0 Å². The maximum Gasteiger partial charge on any atom is 0.290 e. The number of benzene rings is 1. The van der Waals surface area contributed by atoms with Crippen LogP contribution in [0, 0.1) is 0 Å². The molecule has 0 bridgehead atoms. The van der Waals surface area contributed by atoms with Crippen LogP contribution in [0.25, 0.3) is 0 Å². The van der Waals surface area contributed by atoms with Gasteiger partial charge in [0.15, 0.2) is 5.76 Å². The van der Waals surface area contributed by atoms with Crippen molar-refractivity contribution in [2.24, 2.45) is 0 Å². The third-order valence-corrected chi connectivity index (χ3v) is 4.25. The molecule has 5 nitrogen and oxygen atoms in total. The van der Waals surface area contributed by atoms with E-state index in [1.54, 1.807) is 24.3 Å². The van der Waals surface area contributed by atoms with Gasteiger partial charge in [-0.25, -0.2) is 0 Å². The van der Waals surface area contributed by atoms with Crippen LogP contribution in [-0.2, 0) is 9.53 Å². The largest absolute Gasteiger partial charge is 0.488 e. The van der Waals surface area contributed by atoms with Crippen LogP contribution in [-0.4, -0.2) is 24.5 Å². The Bertz CT molecular complexity index is 601. The molecule has 5 heteroatoms. The number of nitrogens with one attached hydrogen (secondary N) is 2. The molecule has 0 unspecified atom stereocenters. The van der Waals surface area contributed by atoms with E-state index in [9.17, 15) is 9.59 Å². The van der Waals surface area contributed by atoms with Gasteiger partial charge in [0.1, 0.15) is 0 Å². The van der Waals surface area contributed by atoms with Gasteiger partial charge in [0.2, 0.25) is 0 Å². The zero-order valence-electron chi connectivity index (χ0n) is 13.1. The Morgan fingerprint density at radius 2 is 1.74 bits per heavy atom. The Kier molecular flexibility index (Phi) is 4.95. The lowest BCUT2D eigenvalue weighted by Crippen LogP contribution is -2.32. The van der Waals surface area contributed by atoms with E-state index in [1.165, 1.54) is 12.8 Å². The highest BCUT2D eigenvalue weighted by Crippen LogP contribution is 2.19. The molecule has 23 heavy (non-hydrogen) atoms. The maximum atomic E-state index is 12.2. The smallest absolute Gasteiger partial charge is 0.290 e. The Labute approximate surface area is 136 Å². The lowest BCUT2D eigenvalue weighted by molar-refractivity contribution is -0.116. The molecule has 1 fully saturated rings. The molecule has 1 aliphatic carbocycles. The topological polar surface area (TPSA) is 67.4 Å². The number of carbonyl (C=O) groups excluding carboxylic acids is 2. The number of rotatable bonds is 4. The maximum absolute atomic E-state index is 12.2. The minimum Gasteiger partial charge on any atom is -0.488 e. The van der Waals surface area contributed by atoms with Crippen LogP contribution in [0.3, 0.4) is 0 Å². The Morgan fingerprint density at radius 1 is 1.00 bits per heavy atom. The molecule has 2 amide bonds. The highest BCUT2D eigenvalue weighted by molar-refractivity contribution is 6.02. The van der Waals surface area contributed by atoms with Crippen molar-refractivity contribution >= 4 is 17.5 Å². The summed E-state index contributed by atoms with van der Waals surface area (Å²) in [7, 11) is 0. The molecule has 3 rings (SSSR count). The zero-order chi connectivity index (χ0) is 16.1. The van der Waals surface area contributed by atoms with Gasteiger partial charge >= 0.3 is 0 Å². The predicted molar refractivity (Wildman–Crippen MR) is 88.1 cm³/mol. The molecule has 1 aromatic rings.